The molecule has 0 radical (unpaired) electrons. The molecule has 39 heavy (non-hydrogen) atoms. The molecule has 1 unspecified atom stereocenters. The first-order valence-corrected chi connectivity index (χ1v) is 14.5. The Morgan fingerprint density at radius 2 is 1.90 bits per heavy atom. The number of nitrogen functional groups attached to an aromatic ring is 1. The standard InChI is InChI=1S/C28H36N6O4S/c1-17(2)16-38-24-13-11-20(19(4)30-24)22-12-10-21(26(31-22)34-15-14-18(3)28(34,5)6)27(35)33-39(36,37)25-9-7-8-23(29)32-25/h7-13,17-18H,14-16H2,1-6H3,(H2,29,32)(H,33,35). The minimum Gasteiger partial charge on any atom is -0.477 e. The van der Waals surface area contributed by atoms with Crippen LogP contribution in [0.4, 0.5) is 11.6 Å². The number of ether oxygens (including phenoxy) is 1. The van der Waals surface area contributed by atoms with Crippen molar-refractivity contribution in [3.05, 3.63) is 53.7 Å². The van der Waals surface area contributed by atoms with Crippen molar-refractivity contribution in [1.82, 2.24) is 19.7 Å². The van der Waals surface area contributed by atoms with Crippen molar-refractivity contribution in [1.29, 1.82) is 0 Å². The van der Waals surface area contributed by atoms with E-state index in [1.54, 1.807) is 18.2 Å². The van der Waals surface area contributed by atoms with Crippen molar-refractivity contribution < 1.29 is 17.9 Å². The van der Waals surface area contributed by atoms with Gasteiger partial charge >= 0.3 is 0 Å². The van der Waals surface area contributed by atoms with Gasteiger partial charge < -0.3 is 15.4 Å². The second kappa shape index (κ2) is 10.8. The minimum atomic E-state index is -4.26. The zero-order chi connectivity index (χ0) is 28.5. The number of nitrogens with one attached hydrogen (secondary N) is 1. The molecule has 1 saturated heterocycles. The average molecular weight is 553 g/mol. The Kier molecular flexibility index (Phi) is 7.83. The summed E-state index contributed by atoms with van der Waals surface area (Å²) in [7, 11) is -4.26. The number of amides is 1. The number of sulfonamides is 1. The highest BCUT2D eigenvalue weighted by Crippen LogP contribution is 2.39. The van der Waals surface area contributed by atoms with Gasteiger partial charge in [-0.2, -0.15) is 8.42 Å². The highest BCUT2D eigenvalue weighted by molar-refractivity contribution is 7.90. The van der Waals surface area contributed by atoms with Crippen molar-refractivity contribution in [2.45, 2.75) is 58.5 Å². The van der Waals surface area contributed by atoms with Crippen molar-refractivity contribution >= 4 is 27.6 Å². The third-order valence-electron chi connectivity index (χ3n) is 7.21. The molecule has 4 heterocycles. The van der Waals surface area contributed by atoms with Crippen LogP contribution in [0.15, 0.2) is 47.5 Å². The van der Waals surface area contributed by atoms with Gasteiger partial charge in [-0.3, -0.25) is 4.79 Å². The number of nitrogens with zero attached hydrogens (tertiary/aromatic N) is 4. The van der Waals surface area contributed by atoms with E-state index in [1.807, 2.05) is 13.0 Å². The van der Waals surface area contributed by atoms with Crippen LogP contribution in [0.1, 0.15) is 57.1 Å². The maximum Gasteiger partial charge on any atom is 0.281 e. The van der Waals surface area contributed by atoms with E-state index in [1.165, 1.54) is 18.2 Å². The van der Waals surface area contributed by atoms with Crippen molar-refractivity contribution in [2.24, 2.45) is 11.8 Å². The van der Waals surface area contributed by atoms with Crippen LogP contribution in [0.3, 0.4) is 0 Å². The molecular weight excluding hydrogens is 516 g/mol. The van der Waals surface area contributed by atoms with E-state index >= 15 is 0 Å². The van der Waals surface area contributed by atoms with Crippen molar-refractivity contribution in [3.63, 3.8) is 0 Å². The van der Waals surface area contributed by atoms with Crippen LogP contribution in [-0.2, 0) is 10.0 Å². The Morgan fingerprint density at radius 3 is 2.51 bits per heavy atom. The first kappa shape index (κ1) is 28.3. The van der Waals surface area contributed by atoms with E-state index in [0.29, 0.717) is 42.4 Å². The Balaban J connectivity index is 1.74. The molecular formula is C28H36N6O4S. The summed E-state index contributed by atoms with van der Waals surface area (Å²) >= 11 is 0. The monoisotopic (exact) mass is 552 g/mol. The SMILES string of the molecule is Cc1nc(OCC(C)C)ccc1-c1ccc(C(=O)NS(=O)(=O)c2cccc(N)n2)c(N2CCC(C)C2(C)C)n1. The number of aromatic nitrogens is 3. The maximum atomic E-state index is 13.4. The summed E-state index contributed by atoms with van der Waals surface area (Å²) in [5.41, 5.74) is 7.64. The van der Waals surface area contributed by atoms with Gasteiger partial charge in [-0.15, -0.1) is 0 Å². The summed E-state index contributed by atoms with van der Waals surface area (Å²) in [6.07, 6.45) is 0.911. The number of aryl methyl sites for hydroxylation is 1. The van der Waals surface area contributed by atoms with Crippen LogP contribution in [0.25, 0.3) is 11.3 Å². The lowest BCUT2D eigenvalue weighted by molar-refractivity contribution is 0.0981. The highest BCUT2D eigenvalue weighted by atomic mass is 32.2. The lowest BCUT2D eigenvalue weighted by atomic mass is 9.90. The molecule has 0 aromatic carbocycles. The molecule has 3 aromatic rings. The van der Waals surface area contributed by atoms with Crippen molar-refractivity contribution in [2.75, 3.05) is 23.8 Å². The molecule has 0 saturated carbocycles. The summed E-state index contributed by atoms with van der Waals surface area (Å²) in [6.45, 7) is 13.6. The number of pyridine rings is 3. The number of rotatable bonds is 8. The third-order valence-corrected chi connectivity index (χ3v) is 8.44. The average Bonchev–Trinajstić information content (AvgIpc) is 3.14. The van der Waals surface area contributed by atoms with Crippen LogP contribution in [0, 0.1) is 18.8 Å². The molecule has 4 rings (SSSR count). The van der Waals surface area contributed by atoms with Gasteiger partial charge in [-0.05, 0) is 69.4 Å². The van der Waals surface area contributed by atoms with Gasteiger partial charge in [0.05, 0.1) is 23.6 Å². The van der Waals surface area contributed by atoms with E-state index in [2.05, 4.69) is 54.2 Å². The molecule has 3 N–H and O–H groups in total. The normalized spacial score (nSPS) is 16.9. The summed E-state index contributed by atoms with van der Waals surface area (Å²) in [4.78, 5) is 28.8. The largest absolute Gasteiger partial charge is 0.477 e. The number of anilines is 2. The van der Waals surface area contributed by atoms with E-state index < -0.39 is 15.9 Å². The van der Waals surface area contributed by atoms with Gasteiger partial charge in [-0.25, -0.2) is 19.7 Å². The van der Waals surface area contributed by atoms with E-state index in [-0.39, 0.29) is 21.9 Å². The van der Waals surface area contributed by atoms with Crippen molar-refractivity contribution in [3.8, 4) is 17.1 Å². The third kappa shape index (κ3) is 5.98. The topological polar surface area (TPSA) is 140 Å². The number of carbonyl (C=O) groups excluding carboxylic acids is 1. The predicted octanol–water partition coefficient (Wildman–Crippen LogP) is 4.21. The fraction of sp³-hybridized carbons (Fsp3) is 0.429. The Hall–Kier alpha value is -3.73. The summed E-state index contributed by atoms with van der Waals surface area (Å²) in [5, 5.41) is -0.335. The first-order valence-electron chi connectivity index (χ1n) is 13.0. The molecule has 208 valence electrons. The second-order valence-corrected chi connectivity index (χ2v) is 12.5. The lowest BCUT2D eigenvalue weighted by Crippen LogP contribution is -2.43. The number of hydrogen-bond acceptors (Lipinski definition) is 9. The zero-order valence-electron chi connectivity index (χ0n) is 23.2. The molecule has 0 aliphatic carbocycles. The van der Waals surface area contributed by atoms with Crippen LogP contribution >= 0.6 is 0 Å². The van der Waals surface area contributed by atoms with Gasteiger partial charge in [0.1, 0.15) is 11.6 Å². The van der Waals surface area contributed by atoms with E-state index in [4.69, 9.17) is 15.5 Å². The molecule has 0 bridgehead atoms. The fourth-order valence-corrected chi connectivity index (χ4v) is 5.48. The Bertz CT molecular complexity index is 1490. The maximum absolute atomic E-state index is 13.4. The highest BCUT2D eigenvalue weighted by Gasteiger charge is 2.41. The summed E-state index contributed by atoms with van der Waals surface area (Å²) in [5.74, 6) is 0.899. The van der Waals surface area contributed by atoms with Gasteiger partial charge in [0.25, 0.3) is 15.9 Å². The predicted molar refractivity (Wildman–Crippen MR) is 151 cm³/mol. The van der Waals surface area contributed by atoms with Gasteiger partial charge in [0.15, 0.2) is 5.03 Å². The molecule has 0 spiro atoms. The first-order chi connectivity index (χ1) is 18.3. The smallest absolute Gasteiger partial charge is 0.281 e. The Morgan fingerprint density at radius 1 is 1.15 bits per heavy atom. The molecule has 1 aliphatic rings. The van der Waals surface area contributed by atoms with Gasteiger partial charge in [0, 0.05) is 23.7 Å². The Labute approximate surface area is 230 Å². The summed E-state index contributed by atoms with van der Waals surface area (Å²) in [6, 6.07) is 11.2. The number of nitrogens with two attached hydrogens (primary N) is 1. The van der Waals surface area contributed by atoms with Crippen LogP contribution in [0.2, 0.25) is 0 Å². The lowest BCUT2D eigenvalue weighted by Gasteiger charge is -2.36. The summed E-state index contributed by atoms with van der Waals surface area (Å²) < 4.78 is 33.8. The van der Waals surface area contributed by atoms with Crippen LogP contribution in [-0.4, -0.2) is 48.0 Å². The van der Waals surface area contributed by atoms with E-state index in [0.717, 1.165) is 17.7 Å². The zero-order valence-corrected chi connectivity index (χ0v) is 24.0. The molecule has 1 amide bonds. The molecule has 1 aliphatic heterocycles. The molecule has 1 fully saturated rings. The molecule has 3 aromatic heterocycles. The van der Waals surface area contributed by atoms with E-state index in [9.17, 15) is 13.2 Å². The second-order valence-electron chi connectivity index (χ2n) is 10.9. The quantitative estimate of drug-likeness (QED) is 0.420. The minimum absolute atomic E-state index is 0.0365. The molecule has 11 heteroatoms. The van der Waals surface area contributed by atoms with Gasteiger partial charge in [-0.1, -0.05) is 26.8 Å². The van der Waals surface area contributed by atoms with Crippen LogP contribution < -0.4 is 20.1 Å². The fourth-order valence-electron chi connectivity index (χ4n) is 4.54. The number of carbonyl (C=O) groups is 1. The number of hydrogen-bond donors (Lipinski definition) is 2. The molecule has 10 nitrogen and oxygen atoms in total. The van der Waals surface area contributed by atoms with Gasteiger partial charge in [0.2, 0.25) is 5.88 Å². The molecule has 1 atom stereocenters. The van der Waals surface area contributed by atoms with Crippen LogP contribution in [0.5, 0.6) is 5.88 Å².